The number of thiazole rings is 1. The molecule has 0 saturated heterocycles. The maximum Gasteiger partial charge on any atom is 0.271 e. The van der Waals surface area contributed by atoms with E-state index in [1.807, 2.05) is 60.7 Å². The lowest BCUT2D eigenvalue weighted by molar-refractivity contribution is -0.384. The normalized spacial score (nSPS) is 15.3. The van der Waals surface area contributed by atoms with Crippen LogP contribution in [0.2, 0.25) is 0 Å². The Morgan fingerprint density at radius 2 is 1.80 bits per heavy atom. The van der Waals surface area contributed by atoms with Crippen LogP contribution in [0.25, 0.3) is 22.5 Å². The largest absolute Gasteiger partial charge is 0.493 e. The lowest BCUT2D eigenvalue weighted by Crippen LogP contribution is -2.38. The standard InChI is InChI=1S/C39H28BrN3O5S/c1-47-33-19-23(18-32(40)37(33)48-22-27-12-6-10-24-8-2-4-14-29(24)27)20-34-38(44)42-36(26-11-7-13-28(21-26)43(45)46)31-17-16-25-9-3-5-15-30(25)35(31)41-39(42)49-34/h2-15,18-21,36H,16-17,22H2,1H3/b34-20+/t36-/m0/s1. The van der Waals surface area contributed by atoms with Crippen molar-refractivity contribution in [2.24, 2.45) is 4.99 Å². The summed E-state index contributed by atoms with van der Waals surface area (Å²) in [6, 6.07) is 32.3. The number of aromatic nitrogens is 1. The molecule has 8 rings (SSSR count). The number of hydrogen-bond acceptors (Lipinski definition) is 7. The Kier molecular flexibility index (Phi) is 7.97. The lowest BCUT2D eigenvalue weighted by atomic mass is 9.83. The Hall–Kier alpha value is -5.32. The highest BCUT2D eigenvalue weighted by Crippen LogP contribution is 2.42. The number of ether oxygens (including phenoxy) is 2. The molecule has 0 unspecified atom stereocenters. The minimum atomic E-state index is -0.521. The number of allylic oxidation sites excluding steroid dienone is 1. The number of non-ortho nitro benzene ring substituents is 1. The third-order valence-electron chi connectivity index (χ3n) is 9.07. The first kappa shape index (κ1) is 31.0. The summed E-state index contributed by atoms with van der Waals surface area (Å²) in [4.78, 5) is 31.2. The second-order valence-corrected chi connectivity index (χ2v) is 13.8. The van der Waals surface area contributed by atoms with Gasteiger partial charge in [0, 0.05) is 17.7 Å². The van der Waals surface area contributed by atoms with Gasteiger partial charge in [0.15, 0.2) is 16.3 Å². The number of fused-ring (bicyclic) bond motifs is 4. The summed E-state index contributed by atoms with van der Waals surface area (Å²) in [6.45, 7) is 0.347. The van der Waals surface area contributed by atoms with Gasteiger partial charge in [0.05, 0.1) is 32.8 Å². The number of rotatable bonds is 7. The van der Waals surface area contributed by atoms with Gasteiger partial charge in [-0.1, -0.05) is 90.2 Å². The quantitative estimate of drug-likeness (QED) is 0.124. The van der Waals surface area contributed by atoms with Crippen molar-refractivity contribution in [3.8, 4) is 11.5 Å². The van der Waals surface area contributed by atoms with Gasteiger partial charge in [0.25, 0.3) is 11.2 Å². The van der Waals surface area contributed by atoms with E-state index in [0.29, 0.717) is 43.9 Å². The van der Waals surface area contributed by atoms with Gasteiger partial charge in [-0.2, -0.15) is 0 Å². The first-order valence-electron chi connectivity index (χ1n) is 15.7. The van der Waals surface area contributed by atoms with Gasteiger partial charge in [0.2, 0.25) is 0 Å². The molecule has 0 spiro atoms. The van der Waals surface area contributed by atoms with Crippen LogP contribution in [0.5, 0.6) is 11.5 Å². The van der Waals surface area contributed by atoms with Crippen molar-refractivity contribution >= 4 is 55.5 Å². The average Bonchev–Trinajstić information content (AvgIpc) is 3.43. The molecule has 242 valence electrons. The molecule has 2 aliphatic rings. The van der Waals surface area contributed by atoms with Crippen LogP contribution < -0.4 is 24.4 Å². The molecule has 1 aliphatic heterocycles. The minimum absolute atomic E-state index is 0.0188. The zero-order chi connectivity index (χ0) is 33.6. The highest BCUT2D eigenvalue weighted by molar-refractivity contribution is 9.10. The number of methoxy groups -OCH3 is 1. The van der Waals surface area contributed by atoms with E-state index in [1.54, 1.807) is 23.8 Å². The smallest absolute Gasteiger partial charge is 0.271 e. The van der Waals surface area contributed by atoms with Crippen molar-refractivity contribution in [3.05, 3.63) is 171 Å². The first-order chi connectivity index (χ1) is 23.9. The van der Waals surface area contributed by atoms with Gasteiger partial charge in [-0.15, -0.1) is 0 Å². The maximum absolute atomic E-state index is 14.3. The number of nitro groups is 1. The third-order valence-corrected chi connectivity index (χ3v) is 10.6. The Bertz CT molecular complexity index is 2530. The summed E-state index contributed by atoms with van der Waals surface area (Å²) in [6.07, 6.45) is 3.31. The van der Waals surface area contributed by atoms with Crippen LogP contribution in [-0.4, -0.2) is 16.6 Å². The minimum Gasteiger partial charge on any atom is -0.493 e. The first-order valence-corrected chi connectivity index (χ1v) is 17.3. The van der Waals surface area contributed by atoms with Gasteiger partial charge in [-0.3, -0.25) is 19.5 Å². The molecule has 2 heterocycles. The predicted octanol–water partition coefficient (Wildman–Crippen LogP) is 7.73. The SMILES string of the molecule is COc1cc(/C=c2/sc3n(c2=O)[C@@H](c2cccc([N+](=O)[O-])c2)C2=C(N=3)c3ccccc3CC2)cc(Br)c1OCc1cccc2ccccc12. The fourth-order valence-electron chi connectivity index (χ4n) is 6.81. The van der Waals surface area contributed by atoms with Crippen LogP contribution >= 0.6 is 27.3 Å². The molecule has 6 aromatic rings. The average molecular weight is 731 g/mol. The van der Waals surface area contributed by atoms with Gasteiger partial charge in [-0.25, -0.2) is 4.99 Å². The molecule has 5 aromatic carbocycles. The zero-order valence-corrected chi connectivity index (χ0v) is 28.7. The number of benzene rings is 5. The molecule has 0 fully saturated rings. The molecule has 1 aromatic heterocycles. The van der Waals surface area contributed by atoms with E-state index >= 15 is 0 Å². The van der Waals surface area contributed by atoms with Gasteiger partial charge < -0.3 is 9.47 Å². The van der Waals surface area contributed by atoms with E-state index in [1.165, 1.54) is 23.0 Å². The summed E-state index contributed by atoms with van der Waals surface area (Å²) < 4.78 is 14.9. The van der Waals surface area contributed by atoms with Crippen molar-refractivity contribution in [1.29, 1.82) is 0 Å². The summed E-state index contributed by atoms with van der Waals surface area (Å²) >= 11 is 4.98. The number of nitro benzene ring substituents is 1. The molecule has 0 N–H and O–H groups in total. The number of halogens is 1. The van der Waals surface area contributed by atoms with Crippen molar-refractivity contribution < 1.29 is 14.4 Å². The summed E-state index contributed by atoms with van der Waals surface area (Å²) in [5.74, 6) is 1.08. The van der Waals surface area contributed by atoms with Crippen LogP contribution in [-0.2, 0) is 13.0 Å². The van der Waals surface area contributed by atoms with Crippen LogP contribution in [0.3, 0.4) is 0 Å². The molecule has 1 atom stereocenters. The van der Waals surface area contributed by atoms with Crippen molar-refractivity contribution in [1.82, 2.24) is 4.57 Å². The molecular formula is C39H28BrN3O5S. The number of aryl methyl sites for hydroxylation is 1. The Labute approximate surface area is 293 Å². The Morgan fingerprint density at radius 1 is 1.00 bits per heavy atom. The second kappa shape index (κ2) is 12.6. The third kappa shape index (κ3) is 5.56. The highest BCUT2D eigenvalue weighted by atomic mass is 79.9. The molecule has 8 nitrogen and oxygen atoms in total. The molecule has 0 bridgehead atoms. The number of hydrogen-bond donors (Lipinski definition) is 0. The van der Waals surface area contributed by atoms with Crippen molar-refractivity contribution in [2.45, 2.75) is 25.5 Å². The lowest BCUT2D eigenvalue weighted by Gasteiger charge is -2.30. The Balaban J connectivity index is 1.22. The molecular weight excluding hydrogens is 702 g/mol. The topological polar surface area (TPSA) is 96.0 Å². The fraction of sp³-hybridized carbons (Fsp3) is 0.128. The second-order valence-electron chi connectivity index (χ2n) is 11.9. The van der Waals surface area contributed by atoms with Crippen LogP contribution in [0.1, 0.15) is 40.3 Å². The maximum atomic E-state index is 14.3. The highest BCUT2D eigenvalue weighted by Gasteiger charge is 2.33. The van der Waals surface area contributed by atoms with Gasteiger partial charge in [-0.05, 0) is 85.6 Å². The fourth-order valence-corrected chi connectivity index (χ4v) is 8.39. The van der Waals surface area contributed by atoms with Crippen LogP contribution in [0.4, 0.5) is 5.69 Å². The molecule has 49 heavy (non-hydrogen) atoms. The predicted molar refractivity (Wildman–Crippen MR) is 195 cm³/mol. The van der Waals surface area contributed by atoms with E-state index in [9.17, 15) is 14.9 Å². The summed E-state index contributed by atoms with van der Waals surface area (Å²) in [5.41, 5.74) is 6.30. The molecule has 0 amide bonds. The summed E-state index contributed by atoms with van der Waals surface area (Å²) in [5, 5.41) is 14.0. The van der Waals surface area contributed by atoms with Crippen LogP contribution in [0, 0.1) is 10.1 Å². The van der Waals surface area contributed by atoms with E-state index in [-0.39, 0.29) is 11.2 Å². The molecule has 10 heteroatoms. The molecule has 0 radical (unpaired) electrons. The van der Waals surface area contributed by atoms with E-state index in [4.69, 9.17) is 14.5 Å². The van der Waals surface area contributed by atoms with Gasteiger partial charge >= 0.3 is 0 Å². The molecule has 1 aliphatic carbocycles. The summed E-state index contributed by atoms with van der Waals surface area (Å²) in [7, 11) is 1.59. The van der Waals surface area contributed by atoms with E-state index in [2.05, 4.69) is 46.3 Å². The van der Waals surface area contributed by atoms with E-state index in [0.717, 1.165) is 45.2 Å². The monoisotopic (exact) mass is 729 g/mol. The van der Waals surface area contributed by atoms with Crippen LogP contribution in [0.15, 0.2) is 123 Å². The number of nitrogens with zero attached hydrogens (tertiary/aromatic N) is 3. The van der Waals surface area contributed by atoms with E-state index < -0.39 is 11.0 Å². The van der Waals surface area contributed by atoms with Crippen molar-refractivity contribution in [3.63, 3.8) is 0 Å². The molecule has 0 saturated carbocycles. The Morgan fingerprint density at radius 3 is 2.65 bits per heavy atom. The van der Waals surface area contributed by atoms with Crippen molar-refractivity contribution in [2.75, 3.05) is 7.11 Å². The zero-order valence-electron chi connectivity index (χ0n) is 26.3. The van der Waals surface area contributed by atoms with Gasteiger partial charge in [0.1, 0.15) is 6.61 Å².